The van der Waals surface area contributed by atoms with Crippen LogP contribution in [0.15, 0.2) is 52.3 Å². The van der Waals surface area contributed by atoms with Crippen molar-refractivity contribution in [3.63, 3.8) is 0 Å². The summed E-state index contributed by atoms with van der Waals surface area (Å²) in [6, 6.07) is 12.5. The average molecular weight is 252 g/mol. The van der Waals surface area contributed by atoms with E-state index in [4.69, 9.17) is 22.4 Å². The maximum Gasteiger partial charge on any atom is 0.115 e. The minimum Gasteiger partial charge on any atom is -0.508 e. The highest BCUT2D eigenvalue weighted by molar-refractivity contribution is 7.99. The monoisotopic (exact) mass is 251 g/mol. The van der Waals surface area contributed by atoms with E-state index in [1.165, 1.54) is 0 Å². The van der Waals surface area contributed by atoms with E-state index in [1.807, 2.05) is 24.3 Å². The Morgan fingerprint density at radius 2 is 1.62 bits per heavy atom. The van der Waals surface area contributed by atoms with Crippen molar-refractivity contribution in [2.75, 3.05) is 5.73 Å². The fourth-order valence-corrected chi connectivity index (χ4v) is 2.22. The molecule has 0 spiro atoms. The largest absolute Gasteiger partial charge is 0.508 e. The summed E-state index contributed by atoms with van der Waals surface area (Å²) in [5.41, 5.74) is 6.29. The molecular weight excluding hydrogens is 242 g/mol. The van der Waals surface area contributed by atoms with Gasteiger partial charge in [-0.05, 0) is 42.5 Å². The van der Waals surface area contributed by atoms with Crippen molar-refractivity contribution in [1.82, 2.24) is 0 Å². The fourth-order valence-electron chi connectivity index (χ4n) is 1.24. The summed E-state index contributed by atoms with van der Waals surface area (Å²) >= 11 is 7.41. The molecule has 0 amide bonds. The number of nitrogens with two attached hydrogens (primary N) is 1. The van der Waals surface area contributed by atoms with Gasteiger partial charge >= 0.3 is 0 Å². The number of nitrogen functional groups attached to an aromatic ring is 1. The van der Waals surface area contributed by atoms with Crippen molar-refractivity contribution in [2.24, 2.45) is 0 Å². The molecule has 0 heterocycles. The van der Waals surface area contributed by atoms with E-state index in [-0.39, 0.29) is 5.75 Å². The molecule has 16 heavy (non-hydrogen) atoms. The molecule has 0 saturated carbocycles. The van der Waals surface area contributed by atoms with E-state index in [0.717, 1.165) is 9.79 Å². The lowest BCUT2D eigenvalue weighted by atomic mass is 10.3. The Morgan fingerprint density at radius 1 is 1.00 bits per heavy atom. The zero-order chi connectivity index (χ0) is 11.5. The van der Waals surface area contributed by atoms with Gasteiger partial charge in [-0.3, -0.25) is 0 Å². The van der Waals surface area contributed by atoms with Crippen molar-refractivity contribution in [1.29, 1.82) is 0 Å². The molecule has 2 aromatic rings. The van der Waals surface area contributed by atoms with Gasteiger partial charge in [-0.1, -0.05) is 23.4 Å². The fraction of sp³-hybridized carbons (Fsp3) is 0. The number of halogens is 1. The van der Waals surface area contributed by atoms with Gasteiger partial charge in [0.05, 0.1) is 10.7 Å². The summed E-state index contributed by atoms with van der Waals surface area (Å²) in [6.45, 7) is 0. The van der Waals surface area contributed by atoms with E-state index in [9.17, 15) is 0 Å². The van der Waals surface area contributed by atoms with Crippen LogP contribution in [0.1, 0.15) is 0 Å². The van der Waals surface area contributed by atoms with Crippen molar-refractivity contribution in [3.05, 3.63) is 47.5 Å². The van der Waals surface area contributed by atoms with Gasteiger partial charge in [0.1, 0.15) is 5.75 Å². The summed E-state index contributed by atoms with van der Waals surface area (Å²) in [6.07, 6.45) is 0. The van der Waals surface area contributed by atoms with Gasteiger partial charge in [-0.15, -0.1) is 0 Å². The van der Waals surface area contributed by atoms with Crippen LogP contribution < -0.4 is 5.73 Å². The molecule has 0 aromatic heterocycles. The van der Waals surface area contributed by atoms with Gasteiger partial charge in [-0.2, -0.15) is 0 Å². The molecule has 2 rings (SSSR count). The molecule has 0 bridgehead atoms. The first kappa shape index (κ1) is 11.2. The maximum absolute atomic E-state index is 9.16. The van der Waals surface area contributed by atoms with E-state index >= 15 is 0 Å². The molecular formula is C12H10ClNOS. The lowest BCUT2D eigenvalue weighted by Gasteiger charge is -2.04. The minimum absolute atomic E-state index is 0.264. The third-order valence-electron chi connectivity index (χ3n) is 2.04. The number of hydrogen-bond acceptors (Lipinski definition) is 3. The molecule has 0 aliphatic rings. The van der Waals surface area contributed by atoms with Crippen molar-refractivity contribution in [2.45, 2.75) is 9.79 Å². The Morgan fingerprint density at radius 3 is 2.25 bits per heavy atom. The van der Waals surface area contributed by atoms with Gasteiger partial charge in [0.25, 0.3) is 0 Å². The topological polar surface area (TPSA) is 46.2 Å². The second-order valence-electron chi connectivity index (χ2n) is 3.28. The Balaban J connectivity index is 2.20. The molecule has 0 saturated heterocycles. The summed E-state index contributed by atoms with van der Waals surface area (Å²) in [5.74, 6) is 0.264. The lowest BCUT2D eigenvalue weighted by Crippen LogP contribution is -1.85. The molecule has 3 N–H and O–H groups in total. The van der Waals surface area contributed by atoms with E-state index < -0.39 is 0 Å². The maximum atomic E-state index is 9.16. The number of hydrogen-bond donors (Lipinski definition) is 2. The summed E-state index contributed by atoms with van der Waals surface area (Å²) < 4.78 is 0. The van der Waals surface area contributed by atoms with Crippen LogP contribution in [-0.2, 0) is 0 Å². The lowest BCUT2D eigenvalue weighted by molar-refractivity contribution is 0.475. The predicted molar refractivity (Wildman–Crippen MR) is 68.1 cm³/mol. The van der Waals surface area contributed by atoms with Crippen molar-refractivity contribution >= 4 is 29.1 Å². The number of anilines is 1. The normalized spacial score (nSPS) is 10.3. The highest BCUT2D eigenvalue weighted by atomic mass is 35.5. The first-order valence-electron chi connectivity index (χ1n) is 4.67. The number of benzene rings is 2. The van der Waals surface area contributed by atoms with Gasteiger partial charge in [0.15, 0.2) is 0 Å². The van der Waals surface area contributed by atoms with Crippen LogP contribution >= 0.6 is 23.4 Å². The molecule has 82 valence electrons. The standard InChI is InChI=1S/C12H10ClNOS/c13-11-6-5-10(7-12(11)14)16-9-3-1-8(15)2-4-9/h1-7,15H,14H2. The van der Waals surface area contributed by atoms with E-state index in [2.05, 4.69) is 0 Å². The Bertz CT molecular complexity index is 499. The third-order valence-corrected chi connectivity index (χ3v) is 3.38. The molecule has 0 fully saturated rings. The van der Waals surface area contributed by atoms with E-state index in [1.54, 1.807) is 30.0 Å². The average Bonchev–Trinajstić information content (AvgIpc) is 2.27. The summed E-state index contributed by atoms with van der Waals surface area (Å²) in [5, 5.41) is 9.72. The highest BCUT2D eigenvalue weighted by Gasteiger charge is 2.01. The van der Waals surface area contributed by atoms with Gasteiger partial charge in [-0.25, -0.2) is 0 Å². The zero-order valence-electron chi connectivity index (χ0n) is 8.35. The smallest absolute Gasteiger partial charge is 0.115 e. The van der Waals surface area contributed by atoms with Crippen LogP contribution in [0.2, 0.25) is 5.02 Å². The molecule has 0 unspecified atom stereocenters. The molecule has 2 aromatic carbocycles. The Labute approximate surface area is 103 Å². The highest BCUT2D eigenvalue weighted by Crippen LogP contribution is 2.32. The summed E-state index contributed by atoms with van der Waals surface area (Å²) in [7, 11) is 0. The van der Waals surface area contributed by atoms with Crippen LogP contribution in [0.25, 0.3) is 0 Å². The number of phenols is 1. The molecule has 0 aliphatic carbocycles. The van der Waals surface area contributed by atoms with Crippen LogP contribution in [0.3, 0.4) is 0 Å². The second kappa shape index (κ2) is 4.68. The number of aromatic hydroxyl groups is 1. The zero-order valence-corrected chi connectivity index (χ0v) is 9.92. The van der Waals surface area contributed by atoms with E-state index in [0.29, 0.717) is 10.7 Å². The van der Waals surface area contributed by atoms with Crippen LogP contribution in [0.4, 0.5) is 5.69 Å². The SMILES string of the molecule is Nc1cc(Sc2ccc(O)cc2)ccc1Cl. The van der Waals surface area contributed by atoms with Crippen molar-refractivity contribution in [3.8, 4) is 5.75 Å². The number of rotatable bonds is 2. The minimum atomic E-state index is 0.264. The van der Waals surface area contributed by atoms with Gasteiger partial charge in [0, 0.05) is 9.79 Å². The number of phenolic OH excluding ortho intramolecular Hbond substituents is 1. The summed E-state index contributed by atoms with van der Waals surface area (Å²) in [4.78, 5) is 2.06. The Kier molecular flexibility index (Phi) is 3.27. The molecule has 2 nitrogen and oxygen atoms in total. The quantitative estimate of drug-likeness (QED) is 0.799. The molecule has 0 radical (unpaired) electrons. The van der Waals surface area contributed by atoms with Crippen LogP contribution in [0, 0.1) is 0 Å². The first-order chi connectivity index (χ1) is 7.65. The first-order valence-corrected chi connectivity index (χ1v) is 5.86. The van der Waals surface area contributed by atoms with Gasteiger partial charge in [0.2, 0.25) is 0 Å². The molecule has 0 atom stereocenters. The van der Waals surface area contributed by atoms with Crippen LogP contribution in [0.5, 0.6) is 5.75 Å². The van der Waals surface area contributed by atoms with Gasteiger partial charge < -0.3 is 10.8 Å². The Hall–Kier alpha value is -1.32. The third kappa shape index (κ3) is 2.62. The van der Waals surface area contributed by atoms with Crippen molar-refractivity contribution < 1.29 is 5.11 Å². The second-order valence-corrected chi connectivity index (χ2v) is 4.83. The molecule has 0 aliphatic heterocycles. The van der Waals surface area contributed by atoms with Crippen LogP contribution in [-0.4, -0.2) is 5.11 Å². The predicted octanol–water partition coefficient (Wildman–Crippen LogP) is 3.78. The molecule has 4 heteroatoms.